The van der Waals surface area contributed by atoms with Gasteiger partial charge in [0, 0.05) is 6.42 Å². The van der Waals surface area contributed by atoms with Gasteiger partial charge in [0.1, 0.15) is 13.2 Å². The Kier molecular flexibility index (Phi) is 44.2. The Hall–Kier alpha value is -2.32. The molecule has 0 fully saturated rings. The smallest absolute Gasteiger partial charge is 0.268 e. The van der Waals surface area contributed by atoms with Crippen LogP contribution >= 0.6 is 7.82 Å². The minimum absolute atomic E-state index is 0.00315. The summed E-state index contributed by atoms with van der Waals surface area (Å²) in [5, 5.41) is 13.9. The first-order valence-corrected chi connectivity index (χ1v) is 27.4. The molecule has 0 saturated carbocycles. The number of rotatable bonds is 46. The zero-order valence-electron chi connectivity index (χ0n) is 42.0. The van der Waals surface area contributed by atoms with Crippen molar-refractivity contribution >= 4 is 13.7 Å². The number of aliphatic hydroxyl groups excluding tert-OH is 1. The minimum Gasteiger partial charge on any atom is -0.756 e. The van der Waals surface area contributed by atoms with Crippen molar-refractivity contribution in [2.75, 3.05) is 40.9 Å². The molecule has 1 amide bonds. The second-order valence-corrected chi connectivity index (χ2v) is 19.9. The zero-order valence-corrected chi connectivity index (χ0v) is 42.8. The number of amides is 1. The molecule has 0 radical (unpaired) electrons. The summed E-state index contributed by atoms with van der Waals surface area (Å²) in [7, 11) is 1.26. The average molecular weight is 915 g/mol. The predicted octanol–water partition coefficient (Wildman–Crippen LogP) is 14.7. The monoisotopic (exact) mass is 915 g/mol. The molecule has 3 atom stereocenters. The lowest BCUT2D eigenvalue weighted by molar-refractivity contribution is -0.870. The fourth-order valence-corrected chi connectivity index (χ4v) is 7.81. The zero-order chi connectivity index (χ0) is 47.1. The average Bonchev–Trinajstić information content (AvgIpc) is 3.25. The van der Waals surface area contributed by atoms with Crippen LogP contribution in [-0.2, 0) is 18.4 Å². The second kappa shape index (κ2) is 45.8. The Morgan fingerprint density at radius 2 is 0.938 bits per heavy atom. The number of allylic oxidation sites excluding steroid dienone is 14. The minimum atomic E-state index is -4.59. The third-order valence-corrected chi connectivity index (χ3v) is 12.1. The molecule has 2 N–H and O–H groups in total. The van der Waals surface area contributed by atoms with Gasteiger partial charge in [-0.3, -0.25) is 9.36 Å². The van der Waals surface area contributed by atoms with E-state index in [1.165, 1.54) is 103 Å². The second-order valence-electron chi connectivity index (χ2n) is 18.5. The van der Waals surface area contributed by atoms with Gasteiger partial charge in [0.15, 0.2) is 0 Å². The van der Waals surface area contributed by atoms with E-state index in [9.17, 15) is 19.4 Å². The summed E-state index contributed by atoms with van der Waals surface area (Å²) < 4.78 is 23.3. The summed E-state index contributed by atoms with van der Waals surface area (Å²) in [5.74, 6) is -0.224. The van der Waals surface area contributed by atoms with E-state index in [1.54, 1.807) is 0 Å². The number of nitrogens with zero attached hydrogens (tertiary/aromatic N) is 1. The number of hydrogen-bond acceptors (Lipinski definition) is 6. The van der Waals surface area contributed by atoms with Crippen LogP contribution in [0.2, 0.25) is 0 Å². The van der Waals surface area contributed by atoms with Crippen LogP contribution in [0.15, 0.2) is 85.1 Å². The molecule has 0 bridgehead atoms. The molecule has 0 aromatic rings. The Balaban J connectivity index is 4.40. The Morgan fingerprint density at radius 1 is 0.562 bits per heavy atom. The quantitative estimate of drug-likeness (QED) is 0.0273. The van der Waals surface area contributed by atoms with Crippen LogP contribution < -0.4 is 10.2 Å². The van der Waals surface area contributed by atoms with E-state index in [4.69, 9.17) is 9.05 Å². The predicted molar refractivity (Wildman–Crippen MR) is 274 cm³/mol. The highest BCUT2D eigenvalue weighted by Gasteiger charge is 2.24. The number of aliphatic hydroxyl groups is 1. The van der Waals surface area contributed by atoms with Crippen molar-refractivity contribution in [1.82, 2.24) is 5.32 Å². The van der Waals surface area contributed by atoms with Crippen molar-refractivity contribution in [2.45, 2.75) is 219 Å². The number of likely N-dealkylation sites (N-methyl/N-ethyl adjacent to an activating group) is 1. The highest BCUT2D eigenvalue weighted by molar-refractivity contribution is 7.45. The summed E-state index contributed by atoms with van der Waals surface area (Å²) in [4.78, 5) is 25.4. The molecule has 9 heteroatoms. The number of quaternary nitrogens is 1. The first kappa shape index (κ1) is 61.7. The molecule has 0 aliphatic heterocycles. The summed E-state index contributed by atoms with van der Waals surface area (Å²) in [5.41, 5.74) is 0. The molecular weight excluding hydrogens is 816 g/mol. The molecule has 0 aromatic carbocycles. The number of phosphoric acid groups is 1. The van der Waals surface area contributed by atoms with E-state index in [-0.39, 0.29) is 25.5 Å². The number of carbonyl (C=O) groups is 1. The van der Waals surface area contributed by atoms with Crippen molar-refractivity contribution in [3.05, 3.63) is 85.1 Å². The summed E-state index contributed by atoms with van der Waals surface area (Å²) >= 11 is 0. The largest absolute Gasteiger partial charge is 0.756 e. The standard InChI is InChI=1S/C55H99N2O6P/c1-6-8-10-12-14-16-18-20-22-24-26-27-28-29-31-33-35-37-39-41-43-45-47-49-55(59)56-53(52-63-64(60,61)62-51-50-57(3,4)5)54(58)48-46-44-42-40-38-36-34-32-30-25-23-21-19-17-15-13-11-9-7-2/h8,10,14,16,20,22,26-27,29,31,35,37,41,43,53-54,58H,6-7,9,11-13,15,17-19,21,23-25,28,30,32-34,36,38-40,42,44-52H2,1-5H3,(H-,56,59,60,61)/b10-8-,16-14-,22-20-,27-26-,31-29-,37-35-,43-41-. The van der Waals surface area contributed by atoms with Gasteiger partial charge in [0.2, 0.25) is 5.91 Å². The van der Waals surface area contributed by atoms with Gasteiger partial charge in [-0.15, -0.1) is 0 Å². The molecule has 0 aliphatic carbocycles. The van der Waals surface area contributed by atoms with Crippen LogP contribution in [-0.4, -0.2) is 68.5 Å². The van der Waals surface area contributed by atoms with Crippen LogP contribution in [0.5, 0.6) is 0 Å². The fourth-order valence-electron chi connectivity index (χ4n) is 7.09. The van der Waals surface area contributed by atoms with Crippen molar-refractivity contribution in [3.8, 4) is 0 Å². The molecule has 0 heterocycles. The maximum absolute atomic E-state index is 12.9. The van der Waals surface area contributed by atoms with Gasteiger partial charge in [-0.25, -0.2) is 0 Å². The SMILES string of the molecule is CC/C=C\C/C=C\C/C=C\C/C=C\C/C=C\C/C=C\C/C=C\CCCC(=O)NC(COP(=O)([O-])OCC[N+](C)(C)C)C(O)CCCCCCCCCCCCCCCCCCCCC. The van der Waals surface area contributed by atoms with E-state index in [0.717, 1.165) is 70.6 Å². The normalized spacial score (nSPS) is 14.8. The molecule has 0 aliphatic rings. The third kappa shape index (κ3) is 47.6. The van der Waals surface area contributed by atoms with Crippen LogP contribution in [0.4, 0.5) is 0 Å². The van der Waals surface area contributed by atoms with Crippen molar-refractivity contribution < 1.29 is 32.9 Å². The van der Waals surface area contributed by atoms with Crippen molar-refractivity contribution in [3.63, 3.8) is 0 Å². The Labute approximate surface area is 395 Å². The molecule has 8 nitrogen and oxygen atoms in total. The molecule has 64 heavy (non-hydrogen) atoms. The number of phosphoric ester groups is 1. The highest BCUT2D eigenvalue weighted by Crippen LogP contribution is 2.38. The van der Waals surface area contributed by atoms with Crippen molar-refractivity contribution in [1.29, 1.82) is 0 Å². The molecule has 0 saturated heterocycles. The lowest BCUT2D eigenvalue weighted by atomic mass is 10.0. The third-order valence-electron chi connectivity index (χ3n) is 11.1. The summed E-state index contributed by atoms with van der Waals surface area (Å²) in [6.45, 7) is 4.56. The van der Waals surface area contributed by atoms with Crippen LogP contribution in [0, 0.1) is 0 Å². The molecule has 0 aromatic heterocycles. The van der Waals surface area contributed by atoms with Crippen LogP contribution in [0.25, 0.3) is 0 Å². The van der Waals surface area contributed by atoms with Gasteiger partial charge in [-0.05, 0) is 64.2 Å². The lowest BCUT2D eigenvalue weighted by Gasteiger charge is -2.30. The Bertz CT molecular complexity index is 1310. The van der Waals surface area contributed by atoms with Gasteiger partial charge in [0.05, 0.1) is 39.9 Å². The molecular formula is C55H99N2O6P. The van der Waals surface area contributed by atoms with Crippen molar-refractivity contribution in [2.24, 2.45) is 0 Å². The van der Waals surface area contributed by atoms with Crippen LogP contribution in [0.3, 0.4) is 0 Å². The maximum Gasteiger partial charge on any atom is 0.268 e. The van der Waals surface area contributed by atoms with Gasteiger partial charge in [-0.1, -0.05) is 221 Å². The first-order valence-electron chi connectivity index (χ1n) is 25.9. The number of nitrogens with one attached hydrogen (secondary N) is 1. The van der Waals surface area contributed by atoms with Crippen LogP contribution in [0.1, 0.15) is 206 Å². The van der Waals surface area contributed by atoms with Gasteiger partial charge in [0.25, 0.3) is 7.82 Å². The first-order chi connectivity index (χ1) is 31.0. The van der Waals surface area contributed by atoms with E-state index >= 15 is 0 Å². The maximum atomic E-state index is 12.9. The van der Waals surface area contributed by atoms with E-state index in [0.29, 0.717) is 23.9 Å². The van der Waals surface area contributed by atoms with E-state index < -0.39 is 20.0 Å². The molecule has 0 rings (SSSR count). The summed E-state index contributed by atoms with van der Waals surface area (Å²) in [6.07, 6.45) is 63.2. The number of carbonyl (C=O) groups excluding carboxylic acids is 1. The van der Waals surface area contributed by atoms with Gasteiger partial charge in [-0.2, -0.15) is 0 Å². The lowest BCUT2D eigenvalue weighted by Crippen LogP contribution is -2.46. The molecule has 370 valence electrons. The van der Waals surface area contributed by atoms with E-state index in [1.807, 2.05) is 21.1 Å². The highest BCUT2D eigenvalue weighted by atomic mass is 31.2. The number of hydrogen-bond donors (Lipinski definition) is 2. The molecule has 0 spiro atoms. The van der Waals surface area contributed by atoms with Gasteiger partial charge >= 0.3 is 0 Å². The topological polar surface area (TPSA) is 108 Å². The molecule has 3 unspecified atom stereocenters. The Morgan fingerprint density at radius 3 is 1.33 bits per heavy atom. The number of unbranched alkanes of at least 4 members (excludes halogenated alkanes) is 19. The van der Waals surface area contributed by atoms with Gasteiger partial charge < -0.3 is 28.8 Å². The summed E-state index contributed by atoms with van der Waals surface area (Å²) in [6, 6.07) is -0.837. The van der Waals surface area contributed by atoms with E-state index in [2.05, 4.69) is 104 Å². The fraction of sp³-hybridized carbons (Fsp3) is 0.727.